The van der Waals surface area contributed by atoms with Gasteiger partial charge >= 0.3 is 6.18 Å². The van der Waals surface area contributed by atoms with E-state index < -0.39 is 40.7 Å². The van der Waals surface area contributed by atoms with Gasteiger partial charge in [0.2, 0.25) is 5.88 Å². The molecule has 0 aliphatic carbocycles. The van der Waals surface area contributed by atoms with Gasteiger partial charge in [0.15, 0.2) is 11.6 Å². The van der Waals surface area contributed by atoms with Gasteiger partial charge in [-0.15, -0.1) is 0 Å². The maximum atomic E-state index is 13.6. The second kappa shape index (κ2) is 7.82. The van der Waals surface area contributed by atoms with E-state index in [1.165, 1.54) is 37.4 Å². The fraction of sp³-hybridized carbons (Fsp3) is 0.105. The van der Waals surface area contributed by atoms with Crippen molar-refractivity contribution in [3.8, 4) is 11.6 Å². The molecule has 3 aromatic rings. The van der Waals surface area contributed by atoms with Crippen LogP contribution in [0.4, 0.5) is 27.6 Å². The van der Waals surface area contributed by atoms with E-state index in [0.29, 0.717) is 18.0 Å². The van der Waals surface area contributed by atoms with Gasteiger partial charge in [-0.2, -0.15) is 13.2 Å². The van der Waals surface area contributed by atoms with Crippen LogP contribution in [-0.2, 0) is 6.18 Å². The molecule has 0 unspecified atom stereocenters. The molecule has 150 valence electrons. The number of aryl methyl sites for hydroxylation is 1. The number of carbonyl (C=O) groups excluding carboxylic acids is 1. The van der Waals surface area contributed by atoms with Crippen LogP contribution in [0.25, 0.3) is 0 Å². The Morgan fingerprint density at radius 1 is 1.03 bits per heavy atom. The Labute approximate surface area is 161 Å². The van der Waals surface area contributed by atoms with Gasteiger partial charge in [0.1, 0.15) is 16.9 Å². The highest BCUT2D eigenvalue weighted by molar-refractivity contribution is 6.04. The first kappa shape index (κ1) is 20.2. The predicted octanol–water partition coefficient (Wildman–Crippen LogP) is 5.13. The summed E-state index contributed by atoms with van der Waals surface area (Å²) >= 11 is 0. The molecule has 0 spiro atoms. The summed E-state index contributed by atoms with van der Waals surface area (Å²) in [5.41, 5.74) is -1.37. The van der Waals surface area contributed by atoms with E-state index in [4.69, 9.17) is 4.74 Å². The Morgan fingerprint density at radius 2 is 1.66 bits per heavy atom. The van der Waals surface area contributed by atoms with Crippen LogP contribution in [0, 0.1) is 18.6 Å². The van der Waals surface area contributed by atoms with Crippen LogP contribution in [0.15, 0.2) is 48.9 Å². The molecule has 0 fully saturated rings. The van der Waals surface area contributed by atoms with Gasteiger partial charge in [-0.1, -0.05) is 0 Å². The molecule has 3 rings (SSSR count). The van der Waals surface area contributed by atoms with Gasteiger partial charge < -0.3 is 10.1 Å². The van der Waals surface area contributed by atoms with Crippen molar-refractivity contribution < 1.29 is 31.5 Å². The van der Waals surface area contributed by atoms with Gasteiger partial charge in [0, 0.05) is 11.9 Å². The molecular weight excluding hydrogens is 397 g/mol. The zero-order valence-corrected chi connectivity index (χ0v) is 14.7. The SMILES string of the molecule is Cc1cnc(Oc2ccc(NC(=O)c3c(F)cncc3F)cc2)c(C(F)(F)F)c1. The number of alkyl halides is 3. The molecule has 0 atom stereocenters. The molecule has 10 heteroatoms. The number of hydrogen-bond acceptors (Lipinski definition) is 4. The fourth-order valence-electron chi connectivity index (χ4n) is 2.38. The lowest BCUT2D eigenvalue weighted by Crippen LogP contribution is -2.16. The highest BCUT2D eigenvalue weighted by Crippen LogP contribution is 2.37. The van der Waals surface area contributed by atoms with E-state index >= 15 is 0 Å². The highest BCUT2D eigenvalue weighted by atomic mass is 19.4. The number of halogens is 5. The number of aromatic nitrogens is 2. The molecule has 1 N–H and O–H groups in total. The molecule has 1 amide bonds. The number of nitrogens with one attached hydrogen (secondary N) is 1. The number of carbonyl (C=O) groups is 1. The lowest BCUT2D eigenvalue weighted by molar-refractivity contribution is -0.138. The quantitative estimate of drug-likeness (QED) is 0.607. The minimum absolute atomic E-state index is 0.0196. The Morgan fingerprint density at radius 3 is 2.24 bits per heavy atom. The van der Waals surface area contributed by atoms with Crippen molar-refractivity contribution in [2.75, 3.05) is 5.32 Å². The van der Waals surface area contributed by atoms with Gasteiger partial charge in [-0.25, -0.2) is 13.8 Å². The van der Waals surface area contributed by atoms with Crippen LogP contribution < -0.4 is 10.1 Å². The normalized spacial score (nSPS) is 11.2. The molecule has 1 aromatic carbocycles. The summed E-state index contributed by atoms with van der Waals surface area (Å²) in [4.78, 5) is 19.0. The molecule has 0 aliphatic rings. The summed E-state index contributed by atoms with van der Waals surface area (Å²) in [6, 6.07) is 6.05. The van der Waals surface area contributed by atoms with E-state index in [2.05, 4.69) is 15.3 Å². The maximum Gasteiger partial charge on any atom is 0.421 e. The molecule has 0 radical (unpaired) electrons. The number of benzene rings is 1. The van der Waals surface area contributed by atoms with Crippen molar-refractivity contribution in [2.45, 2.75) is 13.1 Å². The van der Waals surface area contributed by atoms with E-state index in [-0.39, 0.29) is 11.4 Å². The molecule has 5 nitrogen and oxygen atoms in total. The summed E-state index contributed by atoms with van der Waals surface area (Å²) in [5.74, 6) is -3.91. The minimum atomic E-state index is -4.65. The number of pyridine rings is 2. The standard InChI is InChI=1S/C19H12F5N3O2/c1-10-6-13(19(22,23)24)18(26-7-10)29-12-4-2-11(3-5-12)27-17(28)16-14(20)8-25-9-15(16)21/h2-9H,1H3,(H,27,28). The third-order valence-corrected chi connectivity index (χ3v) is 3.70. The molecule has 0 saturated heterocycles. The van der Waals surface area contributed by atoms with Gasteiger partial charge in [-0.3, -0.25) is 9.78 Å². The summed E-state index contributed by atoms with van der Waals surface area (Å²) in [6.07, 6.45) is -2.03. The van der Waals surface area contributed by atoms with Crippen molar-refractivity contribution in [2.24, 2.45) is 0 Å². The van der Waals surface area contributed by atoms with Gasteiger partial charge in [-0.05, 0) is 42.8 Å². The number of hydrogen-bond donors (Lipinski definition) is 1. The van der Waals surface area contributed by atoms with Crippen molar-refractivity contribution in [1.82, 2.24) is 9.97 Å². The summed E-state index contributed by atoms with van der Waals surface area (Å²) in [7, 11) is 0. The van der Waals surface area contributed by atoms with Crippen molar-refractivity contribution in [3.05, 3.63) is 77.2 Å². The maximum absolute atomic E-state index is 13.6. The molecule has 29 heavy (non-hydrogen) atoms. The number of amides is 1. The number of rotatable bonds is 4. The number of nitrogens with zero attached hydrogens (tertiary/aromatic N) is 2. The third-order valence-electron chi connectivity index (χ3n) is 3.70. The van der Waals surface area contributed by atoms with Crippen LogP contribution in [0.5, 0.6) is 11.6 Å². The lowest BCUT2D eigenvalue weighted by atomic mass is 10.2. The van der Waals surface area contributed by atoms with Crippen molar-refractivity contribution in [3.63, 3.8) is 0 Å². The van der Waals surface area contributed by atoms with Gasteiger partial charge in [0.05, 0.1) is 12.4 Å². The molecule has 0 saturated carbocycles. The summed E-state index contributed by atoms with van der Waals surface area (Å²) in [5, 5.41) is 2.28. The Bertz CT molecular complexity index is 1030. The Balaban J connectivity index is 1.77. The zero-order valence-electron chi connectivity index (χ0n) is 14.7. The topological polar surface area (TPSA) is 64.1 Å². The monoisotopic (exact) mass is 409 g/mol. The van der Waals surface area contributed by atoms with Crippen molar-refractivity contribution >= 4 is 11.6 Å². The first-order valence-electron chi connectivity index (χ1n) is 8.07. The largest absolute Gasteiger partial charge is 0.438 e. The van der Waals surface area contributed by atoms with Crippen LogP contribution in [0.2, 0.25) is 0 Å². The average molecular weight is 409 g/mol. The summed E-state index contributed by atoms with van der Waals surface area (Å²) < 4.78 is 71.8. The minimum Gasteiger partial charge on any atom is -0.438 e. The van der Waals surface area contributed by atoms with E-state index in [0.717, 1.165) is 6.07 Å². The summed E-state index contributed by atoms with van der Waals surface area (Å²) in [6.45, 7) is 1.47. The lowest BCUT2D eigenvalue weighted by Gasteiger charge is -2.13. The molecule has 2 heterocycles. The molecular formula is C19H12F5N3O2. The van der Waals surface area contributed by atoms with Crippen LogP contribution in [0.3, 0.4) is 0 Å². The van der Waals surface area contributed by atoms with E-state index in [1.54, 1.807) is 0 Å². The van der Waals surface area contributed by atoms with Crippen LogP contribution in [-0.4, -0.2) is 15.9 Å². The third kappa shape index (κ3) is 4.65. The predicted molar refractivity (Wildman–Crippen MR) is 92.6 cm³/mol. The Hall–Kier alpha value is -3.56. The molecule has 2 aromatic heterocycles. The second-order valence-electron chi connectivity index (χ2n) is 5.92. The molecule has 0 aliphatic heterocycles. The second-order valence-corrected chi connectivity index (χ2v) is 5.92. The van der Waals surface area contributed by atoms with Crippen molar-refractivity contribution in [1.29, 1.82) is 0 Å². The first-order valence-corrected chi connectivity index (χ1v) is 8.07. The average Bonchev–Trinajstić information content (AvgIpc) is 2.64. The zero-order chi connectivity index (χ0) is 21.2. The van der Waals surface area contributed by atoms with Crippen LogP contribution >= 0.6 is 0 Å². The molecule has 0 bridgehead atoms. The van der Waals surface area contributed by atoms with Gasteiger partial charge in [0.25, 0.3) is 5.91 Å². The van der Waals surface area contributed by atoms with E-state index in [1.807, 2.05) is 0 Å². The fourth-order valence-corrected chi connectivity index (χ4v) is 2.38. The van der Waals surface area contributed by atoms with Crippen LogP contribution in [0.1, 0.15) is 21.5 Å². The smallest absolute Gasteiger partial charge is 0.421 e. The number of ether oxygens (including phenoxy) is 1. The first-order chi connectivity index (χ1) is 13.6. The van der Waals surface area contributed by atoms with E-state index in [9.17, 15) is 26.7 Å². The Kier molecular flexibility index (Phi) is 5.44. The number of anilines is 1. The highest BCUT2D eigenvalue weighted by Gasteiger charge is 2.35.